The summed E-state index contributed by atoms with van der Waals surface area (Å²) in [6.45, 7) is 1.66. The van der Waals surface area contributed by atoms with Crippen LogP contribution in [0, 0.1) is 0 Å². The zero-order valence-corrected chi connectivity index (χ0v) is 15.9. The van der Waals surface area contributed by atoms with Gasteiger partial charge in [-0.15, -0.1) is 0 Å². The number of methoxy groups -OCH3 is 1. The monoisotopic (exact) mass is 422 g/mol. The minimum atomic E-state index is -1.35. The number of nitrogens with two attached hydrogens (primary N) is 1. The van der Waals surface area contributed by atoms with Gasteiger partial charge in [0.2, 0.25) is 11.8 Å². The lowest BCUT2D eigenvalue weighted by atomic mass is 9.96. The summed E-state index contributed by atoms with van der Waals surface area (Å²) >= 11 is 3.49. The quantitative estimate of drug-likeness (QED) is 0.631. The van der Waals surface area contributed by atoms with Crippen molar-refractivity contribution in [1.82, 2.24) is 5.32 Å². The number of halogens is 1. The summed E-state index contributed by atoms with van der Waals surface area (Å²) < 4.78 is 6.08. The van der Waals surface area contributed by atoms with Crippen LogP contribution < -0.4 is 15.8 Å². The molecule has 2 aromatic rings. The van der Waals surface area contributed by atoms with Crippen molar-refractivity contribution in [2.45, 2.75) is 25.3 Å². The van der Waals surface area contributed by atoms with E-state index in [0.29, 0.717) is 5.75 Å². The van der Waals surface area contributed by atoms with Crippen molar-refractivity contribution in [2.24, 2.45) is 5.73 Å². The minimum absolute atomic E-state index is 0.460. The number of hydrogen-bond acceptors (Lipinski definition) is 4. The average molecular weight is 423 g/mol. The number of amides is 2. The Balaban J connectivity index is 2.25. The molecule has 2 atom stereocenters. The normalized spacial score (nSPS) is 13.0. The Morgan fingerprint density at radius 1 is 1.27 bits per heavy atom. The predicted octanol–water partition coefficient (Wildman–Crippen LogP) is 2.16. The molecule has 0 bridgehead atoms. The molecule has 2 rings (SSSR count). The summed E-state index contributed by atoms with van der Waals surface area (Å²) in [5.74, 6) is -2.50. The van der Waals surface area contributed by atoms with Gasteiger partial charge in [0.25, 0.3) is 0 Å². The van der Waals surface area contributed by atoms with E-state index in [2.05, 4.69) is 21.2 Å². The van der Waals surface area contributed by atoms with E-state index in [9.17, 15) is 14.4 Å². The Bertz CT molecular complexity index is 868. The summed E-state index contributed by atoms with van der Waals surface area (Å²) in [7, 11) is 1.58. The third-order valence-electron chi connectivity index (χ3n) is 4.08. The van der Waals surface area contributed by atoms with Crippen LogP contribution in [0.5, 0.6) is 5.75 Å². The first-order valence-electron chi connectivity index (χ1n) is 7.82. The summed E-state index contributed by atoms with van der Waals surface area (Å²) in [5, 5.41) is 13.3. The zero-order chi connectivity index (χ0) is 19.4. The van der Waals surface area contributed by atoms with Crippen LogP contribution in [0.4, 0.5) is 0 Å². The lowest BCUT2D eigenvalue weighted by Gasteiger charge is -2.18. The number of carboxylic acid groups (broad SMARTS) is 1. The molecule has 7 nitrogen and oxygen atoms in total. The smallest absolute Gasteiger partial charge is 0.326 e. The Hall–Kier alpha value is -2.61. The third-order valence-corrected chi connectivity index (χ3v) is 4.89. The van der Waals surface area contributed by atoms with Crippen molar-refractivity contribution in [1.29, 1.82) is 0 Å². The molecule has 0 heterocycles. The van der Waals surface area contributed by atoms with Crippen molar-refractivity contribution >= 4 is 44.5 Å². The highest BCUT2D eigenvalue weighted by Crippen LogP contribution is 2.34. The molecule has 8 heteroatoms. The van der Waals surface area contributed by atoms with Gasteiger partial charge in [0.05, 0.1) is 23.9 Å². The van der Waals surface area contributed by atoms with Crippen LogP contribution in [-0.4, -0.2) is 36.0 Å². The third kappa shape index (κ3) is 4.32. The molecule has 138 valence electrons. The van der Waals surface area contributed by atoms with E-state index in [-0.39, 0.29) is 0 Å². The molecule has 0 aliphatic rings. The maximum Gasteiger partial charge on any atom is 0.326 e. The number of nitrogens with one attached hydrogen (secondary N) is 1. The molecule has 4 N–H and O–H groups in total. The number of benzene rings is 2. The molecule has 0 fully saturated rings. The van der Waals surface area contributed by atoms with Crippen LogP contribution >= 0.6 is 15.9 Å². The molecule has 0 aliphatic carbocycles. The molecule has 0 aromatic heterocycles. The number of ether oxygens (including phenoxy) is 1. The summed E-state index contributed by atoms with van der Waals surface area (Å²) in [6, 6.07) is 7.85. The molecule has 1 unspecified atom stereocenters. The van der Waals surface area contributed by atoms with E-state index in [1.807, 2.05) is 24.3 Å². The van der Waals surface area contributed by atoms with Crippen molar-refractivity contribution < 1.29 is 24.2 Å². The predicted molar refractivity (Wildman–Crippen MR) is 100.0 cm³/mol. The lowest BCUT2D eigenvalue weighted by molar-refractivity contribution is -0.143. The fourth-order valence-corrected chi connectivity index (χ4v) is 3.22. The second-order valence-corrected chi connectivity index (χ2v) is 6.65. The van der Waals surface area contributed by atoms with Gasteiger partial charge >= 0.3 is 5.97 Å². The van der Waals surface area contributed by atoms with Gasteiger partial charge in [-0.2, -0.15) is 0 Å². The fourth-order valence-electron chi connectivity index (χ4n) is 2.57. The summed E-state index contributed by atoms with van der Waals surface area (Å²) in [5.41, 5.74) is 5.74. The largest absolute Gasteiger partial charge is 0.496 e. The zero-order valence-electron chi connectivity index (χ0n) is 14.3. The standard InChI is InChI=1S/C18H19BrN2O5/c1-9(17(23)21-13(18(24)25)8-15(20)22)10-3-5-12-11(7-10)4-6-14(26-2)16(12)19/h3-7,9,13H,8H2,1-2H3,(H2,20,22)(H,21,23)(H,24,25)/t9?,13-/m0/s1. The maximum atomic E-state index is 12.4. The van der Waals surface area contributed by atoms with Gasteiger partial charge in [-0.1, -0.05) is 24.3 Å². The van der Waals surface area contributed by atoms with Gasteiger partial charge in [0, 0.05) is 0 Å². The first kappa shape index (κ1) is 19.7. The van der Waals surface area contributed by atoms with Gasteiger partial charge in [0.15, 0.2) is 0 Å². The molecule has 2 aromatic carbocycles. The van der Waals surface area contributed by atoms with Crippen LogP contribution in [0.1, 0.15) is 24.8 Å². The molecule has 2 amide bonds. The van der Waals surface area contributed by atoms with Gasteiger partial charge < -0.3 is 20.9 Å². The van der Waals surface area contributed by atoms with E-state index >= 15 is 0 Å². The van der Waals surface area contributed by atoms with Crippen LogP contribution in [0.2, 0.25) is 0 Å². The van der Waals surface area contributed by atoms with Crippen LogP contribution in [0.25, 0.3) is 10.8 Å². The molecular formula is C18H19BrN2O5. The highest BCUT2D eigenvalue weighted by molar-refractivity contribution is 9.10. The number of aliphatic carboxylic acids is 1. The molecule has 0 radical (unpaired) electrons. The Labute approximate surface area is 158 Å². The van der Waals surface area contributed by atoms with Crippen LogP contribution in [0.15, 0.2) is 34.8 Å². The number of primary amides is 1. The number of carboxylic acids is 1. The van der Waals surface area contributed by atoms with E-state index in [1.165, 1.54) is 0 Å². The van der Waals surface area contributed by atoms with Crippen molar-refractivity contribution in [2.75, 3.05) is 7.11 Å². The van der Waals surface area contributed by atoms with Gasteiger partial charge in [-0.3, -0.25) is 9.59 Å². The summed E-state index contributed by atoms with van der Waals surface area (Å²) in [4.78, 5) is 34.5. The molecular weight excluding hydrogens is 404 g/mol. The molecule has 0 aliphatic heterocycles. The van der Waals surface area contributed by atoms with E-state index in [4.69, 9.17) is 15.6 Å². The second-order valence-electron chi connectivity index (χ2n) is 5.85. The SMILES string of the molecule is COc1ccc2cc(C(C)C(=O)N[C@@H](CC(N)=O)C(=O)O)ccc2c1Br. The fraction of sp³-hybridized carbons (Fsp3) is 0.278. The van der Waals surface area contributed by atoms with Crippen LogP contribution in [0.3, 0.4) is 0 Å². The molecule has 0 saturated heterocycles. The van der Waals surface area contributed by atoms with Crippen molar-refractivity contribution in [3.05, 3.63) is 40.4 Å². The Morgan fingerprint density at radius 3 is 2.54 bits per heavy atom. The first-order valence-corrected chi connectivity index (χ1v) is 8.61. The highest BCUT2D eigenvalue weighted by atomic mass is 79.9. The molecule has 26 heavy (non-hydrogen) atoms. The highest BCUT2D eigenvalue weighted by Gasteiger charge is 2.25. The minimum Gasteiger partial charge on any atom is -0.496 e. The molecule has 0 saturated carbocycles. The summed E-state index contributed by atoms with van der Waals surface area (Å²) in [6.07, 6.45) is -0.460. The molecule has 0 spiro atoms. The van der Waals surface area contributed by atoms with Crippen molar-refractivity contribution in [3.63, 3.8) is 0 Å². The Morgan fingerprint density at radius 2 is 1.96 bits per heavy atom. The number of fused-ring (bicyclic) bond motifs is 1. The average Bonchev–Trinajstić information content (AvgIpc) is 2.60. The van der Waals surface area contributed by atoms with E-state index < -0.39 is 36.2 Å². The lowest BCUT2D eigenvalue weighted by Crippen LogP contribution is -2.44. The topological polar surface area (TPSA) is 119 Å². The van der Waals surface area contributed by atoms with Crippen LogP contribution in [-0.2, 0) is 14.4 Å². The van der Waals surface area contributed by atoms with E-state index in [0.717, 1.165) is 20.8 Å². The number of rotatable bonds is 7. The first-order chi connectivity index (χ1) is 12.2. The second kappa shape index (κ2) is 8.18. The van der Waals surface area contributed by atoms with E-state index in [1.54, 1.807) is 20.1 Å². The van der Waals surface area contributed by atoms with Gasteiger partial charge in [-0.05, 0) is 45.3 Å². The number of hydrogen-bond donors (Lipinski definition) is 3. The maximum absolute atomic E-state index is 12.4. The number of carbonyl (C=O) groups excluding carboxylic acids is 2. The van der Waals surface area contributed by atoms with Crippen molar-refractivity contribution in [3.8, 4) is 5.75 Å². The number of carbonyl (C=O) groups is 3. The Kier molecular flexibility index (Phi) is 6.20. The van der Waals surface area contributed by atoms with Gasteiger partial charge in [-0.25, -0.2) is 4.79 Å². The van der Waals surface area contributed by atoms with Gasteiger partial charge in [0.1, 0.15) is 11.8 Å².